The maximum Gasteiger partial charge on any atom is 0.344 e. The topological polar surface area (TPSA) is 48.3 Å². The van der Waals surface area contributed by atoms with Crippen molar-refractivity contribution < 1.29 is 22.7 Å². The van der Waals surface area contributed by atoms with Crippen LogP contribution in [-0.4, -0.2) is 23.8 Å². The average Bonchev–Trinajstić information content (AvgIpc) is 2.52. The number of hydrogen-bond donors (Lipinski definition) is 0. The van der Waals surface area contributed by atoms with Crippen molar-refractivity contribution in [3.8, 4) is 0 Å². The van der Waals surface area contributed by atoms with Gasteiger partial charge in [0.2, 0.25) is 5.43 Å². The number of rotatable bonds is 5. The van der Waals surface area contributed by atoms with Gasteiger partial charge in [-0.05, 0) is 12.5 Å². The molecule has 0 fully saturated rings. The molecular formula is C16H14F3NO3S. The van der Waals surface area contributed by atoms with Crippen molar-refractivity contribution in [1.82, 2.24) is 4.57 Å². The number of carbonyl (C=O) groups excluding carboxylic acids is 1. The van der Waals surface area contributed by atoms with Crippen molar-refractivity contribution in [2.45, 2.75) is 30.2 Å². The van der Waals surface area contributed by atoms with Gasteiger partial charge in [0, 0.05) is 11.5 Å². The summed E-state index contributed by atoms with van der Waals surface area (Å²) in [5.41, 5.74) is -0.916. The number of esters is 1. The third-order valence-electron chi connectivity index (χ3n) is 3.81. The van der Waals surface area contributed by atoms with Gasteiger partial charge < -0.3 is 9.30 Å². The van der Waals surface area contributed by atoms with Crippen molar-refractivity contribution in [3.63, 3.8) is 0 Å². The highest BCUT2D eigenvalue weighted by atomic mass is 32.2. The highest BCUT2D eigenvalue weighted by Gasteiger charge is 2.36. The molecule has 1 aromatic heterocycles. The summed E-state index contributed by atoms with van der Waals surface area (Å²) in [6.07, 6.45) is 1.45. The number of unbranched alkanes of at least 4 members (excludes halogenated alkanes) is 1. The van der Waals surface area contributed by atoms with Gasteiger partial charge in [0.15, 0.2) is 11.6 Å². The summed E-state index contributed by atoms with van der Waals surface area (Å²) in [7, 11) is 0. The molecule has 1 unspecified atom stereocenters. The first-order chi connectivity index (χ1) is 11.5. The normalized spacial score (nSPS) is 15.9. The van der Waals surface area contributed by atoms with Gasteiger partial charge in [0.25, 0.3) is 0 Å². The Morgan fingerprint density at radius 1 is 1.33 bits per heavy atom. The van der Waals surface area contributed by atoms with Crippen molar-refractivity contribution in [2.75, 3.05) is 13.3 Å². The van der Waals surface area contributed by atoms with Crippen molar-refractivity contribution in [2.24, 2.45) is 0 Å². The molecule has 0 N–H and O–H groups in total. The van der Waals surface area contributed by atoms with E-state index >= 15 is 0 Å². The minimum atomic E-state index is -1.20. The molecule has 0 radical (unpaired) electrons. The number of nitrogens with zero attached hydrogens (tertiary/aromatic N) is 1. The van der Waals surface area contributed by atoms with Crippen LogP contribution < -0.4 is 5.43 Å². The molecule has 8 heteroatoms. The Labute approximate surface area is 139 Å². The molecule has 0 saturated heterocycles. The molecule has 1 aliphatic rings. The number of benzene rings is 1. The SMILES string of the molecule is CCCCOC(=O)c1c2n(c3cc(F)c(F)cc3c1=O)C(CF)S2. The molecule has 0 saturated carbocycles. The van der Waals surface area contributed by atoms with Crippen LogP contribution in [0, 0.1) is 11.6 Å². The molecule has 4 nitrogen and oxygen atoms in total. The molecule has 3 rings (SSSR count). The zero-order valence-electron chi connectivity index (χ0n) is 12.8. The van der Waals surface area contributed by atoms with Gasteiger partial charge >= 0.3 is 5.97 Å². The van der Waals surface area contributed by atoms with Crippen LogP contribution in [0.3, 0.4) is 0 Å². The second-order valence-corrected chi connectivity index (χ2v) is 6.55. The van der Waals surface area contributed by atoms with Crippen LogP contribution >= 0.6 is 11.8 Å². The smallest absolute Gasteiger partial charge is 0.344 e. The summed E-state index contributed by atoms with van der Waals surface area (Å²) in [6.45, 7) is 1.31. The van der Waals surface area contributed by atoms with E-state index in [1.54, 1.807) is 0 Å². The van der Waals surface area contributed by atoms with Crippen LogP contribution in [-0.2, 0) is 4.74 Å². The summed E-state index contributed by atoms with van der Waals surface area (Å²) in [4.78, 5) is 24.8. The summed E-state index contributed by atoms with van der Waals surface area (Å²) in [6, 6.07) is 1.59. The molecule has 0 amide bonds. The molecular weight excluding hydrogens is 343 g/mol. The first-order valence-electron chi connectivity index (χ1n) is 7.46. The Bertz CT molecular complexity index is 881. The summed E-state index contributed by atoms with van der Waals surface area (Å²) in [5.74, 6) is -3.16. The molecule has 24 heavy (non-hydrogen) atoms. The Hall–Kier alpha value is -1.96. The number of fused-ring (bicyclic) bond motifs is 3. The van der Waals surface area contributed by atoms with E-state index in [0.29, 0.717) is 6.42 Å². The quantitative estimate of drug-likeness (QED) is 0.603. The van der Waals surface area contributed by atoms with Crippen LogP contribution in [0.1, 0.15) is 35.5 Å². The summed E-state index contributed by atoms with van der Waals surface area (Å²) < 4.78 is 46.6. The van der Waals surface area contributed by atoms with Gasteiger partial charge in [-0.15, -0.1) is 0 Å². The number of hydrogen-bond acceptors (Lipinski definition) is 4. The van der Waals surface area contributed by atoms with Crippen LogP contribution in [0.2, 0.25) is 0 Å². The third-order valence-corrected chi connectivity index (χ3v) is 5.04. The lowest BCUT2D eigenvalue weighted by atomic mass is 10.1. The molecule has 128 valence electrons. The van der Waals surface area contributed by atoms with E-state index in [9.17, 15) is 22.8 Å². The number of ether oxygens (including phenoxy) is 1. The molecule has 1 aliphatic heterocycles. The van der Waals surface area contributed by atoms with E-state index in [1.165, 1.54) is 4.57 Å². The summed E-state index contributed by atoms with van der Waals surface area (Å²) >= 11 is 1.00. The average molecular weight is 357 g/mol. The summed E-state index contributed by atoms with van der Waals surface area (Å²) in [5, 5.41) is -0.628. The molecule has 0 bridgehead atoms. The monoisotopic (exact) mass is 357 g/mol. The number of pyridine rings is 1. The van der Waals surface area contributed by atoms with E-state index < -0.39 is 35.1 Å². The second-order valence-electron chi connectivity index (χ2n) is 5.38. The maximum atomic E-state index is 13.5. The Morgan fingerprint density at radius 2 is 2.04 bits per heavy atom. The minimum Gasteiger partial charge on any atom is -0.462 e. The Kier molecular flexibility index (Phi) is 4.58. The van der Waals surface area contributed by atoms with Crippen LogP contribution in [0.4, 0.5) is 13.2 Å². The zero-order valence-corrected chi connectivity index (χ0v) is 13.6. The van der Waals surface area contributed by atoms with Crippen molar-refractivity contribution in [3.05, 3.63) is 39.6 Å². The highest BCUT2D eigenvalue weighted by Crippen LogP contribution is 2.46. The molecule has 2 aromatic rings. The predicted octanol–water partition coefficient (Wildman–Crippen LogP) is 3.81. The van der Waals surface area contributed by atoms with Gasteiger partial charge in [-0.3, -0.25) is 4.79 Å². The standard InChI is InChI=1S/C16H14F3NO3S/c1-2-3-4-23-16(22)13-14(21)8-5-9(18)10(19)6-11(8)20-12(7-17)24-15(13)20/h5-6,12H,2-4,7H2,1H3. The van der Waals surface area contributed by atoms with Crippen LogP contribution in [0.25, 0.3) is 10.9 Å². The Morgan fingerprint density at radius 3 is 2.71 bits per heavy atom. The first kappa shape index (κ1) is 16.9. The largest absolute Gasteiger partial charge is 0.462 e. The van der Waals surface area contributed by atoms with Crippen molar-refractivity contribution in [1.29, 1.82) is 0 Å². The van der Waals surface area contributed by atoms with Gasteiger partial charge in [-0.1, -0.05) is 25.1 Å². The molecule has 1 atom stereocenters. The Balaban J connectivity index is 2.19. The zero-order chi connectivity index (χ0) is 17.4. The fourth-order valence-corrected chi connectivity index (χ4v) is 3.69. The fourth-order valence-electron chi connectivity index (χ4n) is 2.58. The van der Waals surface area contributed by atoms with Gasteiger partial charge in [-0.2, -0.15) is 0 Å². The lowest BCUT2D eigenvalue weighted by molar-refractivity contribution is 0.0491. The van der Waals surface area contributed by atoms with E-state index in [2.05, 4.69) is 0 Å². The van der Waals surface area contributed by atoms with Gasteiger partial charge in [-0.25, -0.2) is 18.0 Å². The second kappa shape index (κ2) is 6.51. The minimum absolute atomic E-state index is 0.0698. The number of carbonyl (C=O) groups is 1. The third kappa shape index (κ3) is 2.58. The number of alkyl halides is 1. The molecule has 1 aromatic carbocycles. The molecule has 0 aliphatic carbocycles. The maximum absolute atomic E-state index is 13.5. The van der Waals surface area contributed by atoms with E-state index in [1.807, 2.05) is 6.92 Å². The van der Waals surface area contributed by atoms with E-state index in [4.69, 9.17) is 4.74 Å². The lowest BCUT2D eigenvalue weighted by Crippen LogP contribution is -2.31. The van der Waals surface area contributed by atoms with Gasteiger partial charge in [0.1, 0.15) is 17.6 Å². The number of aromatic nitrogens is 1. The van der Waals surface area contributed by atoms with E-state index in [0.717, 1.165) is 30.3 Å². The van der Waals surface area contributed by atoms with Crippen LogP contribution in [0.5, 0.6) is 0 Å². The fraction of sp³-hybridized carbons (Fsp3) is 0.375. The highest BCUT2D eigenvalue weighted by molar-refractivity contribution is 8.00. The van der Waals surface area contributed by atoms with Crippen molar-refractivity contribution >= 4 is 28.6 Å². The molecule has 0 spiro atoms. The first-order valence-corrected chi connectivity index (χ1v) is 8.34. The lowest BCUT2D eigenvalue weighted by Gasteiger charge is -2.33. The van der Waals surface area contributed by atoms with E-state index in [-0.39, 0.29) is 28.1 Å². The predicted molar refractivity (Wildman–Crippen MR) is 84.2 cm³/mol. The van der Waals surface area contributed by atoms with Crippen LogP contribution in [0.15, 0.2) is 22.0 Å². The number of thioether (sulfide) groups is 1. The molecule has 2 heterocycles. The number of halogens is 3. The van der Waals surface area contributed by atoms with Gasteiger partial charge in [0.05, 0.1) is 17.1 Å².